The Hall–Kier alpha value is -5.50. The number of nitrogens with two attached hydrogens (primary N) is 1. The van der Waals surface area contributed by atoms with Gasteiger partial charge in [0.25, 0.3) is 5.91 Å². The molecule has 0 radical (unpaired) electrons. The molecule has 3 aliphatic heterocycles. The first kappa shape index (κ1) is 36.3. The zero-order valence-electron chi connectivity index (χ0n) is 29.2. The highest BCUT2D eigenvalue weighted by Crippen LogP contribution is 2.21. The summed E-state index contributed by atoms with van der Waals surface area (Å²) in [6, 6.07) is 16.1. The van der Waals surface area contributed by atoms with Crippen LogP contribution in [0.25, 0.3) is 10.9 Å². The van der Waals surface area contributed by atoms with Gasteiger partial charge in [-0.2, -0.15) is 0 Å². The van der Waals surface area contributed by atoms with Gasteiger partial charge in [-0.15, -0.1) is 0 Å². The third-order valence-corrected chi connectivity index (χ3v) is 10.1. The van der Waals surface area contributed by atoms with Crippen LogP contribution >= 0.6 is 0 Å². The maximum atomic E-state index is 13.0. The summed E-state index contributed by atoms with van der Waals surface area (Å²) in [4.78, 5) is 74.7. The van der Waals surface area contributed by atoms with Gasteiger partial charge in [0, 0.05) is 79.6 Å². The second-order valence-corrected chi connectivity index (χ2v) is 13.7. The summed E-state index contributed by atoms with van der Waals surface area (Å²) >= 11 is 0. The van der Waals surface area contributed by atoms with E-state index in [0.29, 0.717) is 31.5 Å². The predicted octanol–water partition coefficient (Wildman–Crippen LogP) is 1.80. The monoisotopic (exact) mass is 709 g/mol. The topological polar surface area (TPSA) is 198 Å². The number of likely N-dealkylation sites (tertiary alicyclic amines) is 2. The zero-order chi connectivity index (χ0) is 36.5. The van der Waals surface area contributed by atoms with Crippen molar-refractivity contribution in [2.45, 2.75) is 75.5 Å². The molecule has 5 heterocycles. The fourth-order valence-corrected chi connectivity index (χ4v) is 7.20. The second-order valence-electron chi connectivity index (χ2n) is 13.7. The maximum absolute atomic E-state index is 13.0. The van der Waals surface area contributed by atoms with E-state index in [0.717, 1.165) is 44.5 Å². The van der Waals surface area contributed by atoms with E-state index in [1.165, 1.54) is 27.7 Å². The lowest BCUT2D eigenvalue weighted by molar-refractivity contribution is -0.140. The number of benzene rings is 2. The number of carbonyl (C=O) groups is 5. The van der Waals surface area contributed by atoms with Gasteiger partial charge in [-0.3, -0.25) is 24.0 Å². The lowest BCUT2D eigenvalue weighted by atomic mass is 10.0. The van der Waals surface area contributed by atoms with Gasteiger partial charge in [0.15, 0.2) is 0 Å². The Labute approximate surface area is 302 Å². The molecule has 3 aliphatic rings. The first-order valence-electron chi connectivity index (χ1n) is 18.0. The SMILES string of the molecule is NC(=O)[C@@H]1CCCN1C(=O)[C@H](Cc1cnc[nH]1)NC(=O)[C@@H]1CCC(=O)N1.O=C(NC1CCN(CCc2c[nH]c3ccccc23)CC1)c1ccccc1. The Morgan fingerprint density at radius 2 is 1.71 bits per heavy atom. The second kappa shape index (κ2) is 17.1. The van der Waals surface area contributed by atoms with Crippen LogP contribution in [-0.4, -0.2) is 105 Å². The highest BCUT2D eigenvalue weighted by atomic mass is 16.2. The van der Waals surface area contributed by atoms with Crippen LogP contribution in [0.15, 0.2) is 73.3 Å². The van der Waals surface area contributed by atoms with Crippen molar-refractivity contribution in [1.29, 1.82) is 0 Å². The number of nitrogens with one attached hydrogen (secondary N) is 5. The number of H-pyrrole nitrogens is 2. The number of primary amides is 1. The number of aromatic nitrogens is 3. The van der Waals surface area contributed by atoms with Gasteiger partial charge in [0.1, 0.15) is 18.1 Å². The third-order valence-electron chi connectivity index (χ3n) is 10.1. The zero-order valence-corrected chi connectivity index (χ0v) is 29.2. The first-order valence-corrected chi connectivity index (χ1v) is 18.0. The van der Waals surface area contributed by atoms with E-state index < -0.39 is 29.9 Å². The minimum atomic E-state index is -0.875. The Balaban J connectivity index is 0.000000179. The van der Waals surface area contributed by atoms with Gasteiger partial charge in [0.2, 0.25) is 23.6 Å². The minimum absolute atomic E-state index is 0.0443. The standard InChI is InChI=1S/C22H25N3O.C16H22N6O4/c26-22(17-6-2-1-3-7-17)24-19-11-14-25(15-12-19)13-10-18-16-23-21-9-5-4-8-20(18)21;17-14(24)12-2-1-5-22(12)16(26)11(6-9-7-18-8-19-9)21-15(25)10-3-4-13(23)20-10/h1-9,16,19,23H,10-15H2,(H,24,26);7-8,10-12H,1-6H2,(H2,17,24)(H,18,19)(H,20,23)(H,21,25)/t;10-,11-,12-/m.0/s1. The number of imidazole rings is 1. The van der Waals surface area contributed by atoms with Crippen molar-refractivity contribution in [3.63, 3.8) is 0 Å². The number of hydrogen-bond donors (Lipinski definition) is 6. The summed E-state index contributed by atoms with van der Waals surface area (Å²) in [5.74, 6) is -1.47. The summed E-state index contributed by atoms with van der Waals surface area (Å²) in [6.45, 7) is 3.58. The smallest absolute Gasteiger partial charge is 0.251 e. The first-order chi connectivity index (χ1) is 25.2. The molecule has 3 saturated heterocycles. The maximum Gasteiger partial charge on any atom is 0.251 e. The quantitative estimate of drug-likeness (QED) is 0.136. The van der Waals surface area contributed by atoms with E-state index >= 15 is 0 Å². The van der Waals surface area contributed by atoms with Crippen LogP contribution < -0.4 is 21.7 Å². The van der Waals surface area contributed by atoms with E-state index in [-0.39, 0.29) is 36.6 Å². The van der Waals surface area contributed by atoms with Gasteiger partial charge in [-0.25, -0.2) is 4.98 Å². The van der Waals surface area contributed by atoms with Gasteiger partial charge < -0.3 is 41.5 Å². The van der Waals surface area contributed by atoms with Crippen LogP contribution in [0.4, 0.5) is 0 Å². The summed E-state index contributed by atoms with van der Waals surface area (Å²) in [5, 5.41) is 9.80. The number of hydrogen-bond acceptors (Lipinski definition) is 7. The van der Waals surface area contributed by atoms with E-state index in [4.69, 9.17) is 5.73 Å². The normalized spacial score (nSPS) is 19.8. The fourth-order valence-electron chi connectivity index (χ4n) is 7.20. The fraction of sp³-hybridized carbons (Fsp3) is 0.421. The van der Waals surface area contributed by atoms with Crippen molar-refractivity contribution >= 4 is 40.4 Å². The number of fused-ring (bicyclic) bond motifs is 1. The molecule has 0 spiro atoms. The number of para-hydroxylation sites is 1. The number of aromatic amines is 2. The van der Waals surface area contributed by atoms with E-state index in [9.17, 15) is 24.0 Å². The molecule has 7 rings (SSSR count). The molecule has 0 unspecified atom stereocenters. The van der Waals surface area contributed by atoms with Gasteiger partial charge >= 0.3 is 0 Å². The number of carbonyl (C=O) groups excluding carboxylic acids is 5. The van der Waals surface area contributed by atoms with E-state index in [1.54, 1.807) is 6.20 Å². The molecule has 4 aromatic rings. The molecule has 7 N–H and O–H groups in total. The molecule has 0 saturated carbocycles. The Morgan fingerprint density at radius 3 is 2.42 bits per heavy atom. The van der Waals surface area contributed by atoms with Gasteiger partial charge in [-0.05, 0) is 62.3 Å². The summed E-state index contributed by atoms with van der Waals surface area (Å²) in [5.41, 5.74) is 9.42. The molecule has 3 fully saturated rings. The van der Waals surface area contributed by atoms with Crippen molar-refractivity contribution in [2.24, 2.45) is 5.73 Å². The van der Waals surface area contributed by atoms with Crippen molar-refractivity contribution < 1.29 is 24.0 Å². The highest BCUT2D eigenvalue weighted by molar-refractivity contribution is 5.96. The van der Waals surface area contributed by atoms with E-state index in [1.807, 2.05) is 30.3 Å². The predicted molar refractivity (Wildman–Crippen MR) is 195 cm³/mol. The molecule has 14 heteroatoms. The lowest BCUT2D eigenvalue weighted by Crippen LogP contribution is -2.56. The van der Waals surface area contributed by atoms with Crippen LogP contribution in [-0.2, 0) is 32.0 Å². The molecule has 3 atom stereocenters. The largest absolute Gasteiger partial charge is 0.368 e. The molecule has 0 bridgehead atoms. The number of rotatable bonds is 11. The van der Waals surface area contributed by atoms with Crippen molar-refractivity contribution in [1.82, 2.24) is 40.7 Å². The molecular formula is C38H47N9O5. The summed E-state index contributed by atoms with van der Waals surface area (Å²) in [7, 11) is 0. The number of nitrogens with zero attached hydrogens (tertiary/aromatic N) is 3. The Bertz CT molecular complexity index is 1840. The van der Waals surface area contributed by atoms with Gasteiger partial charge in [-0.1, -0.05) is 36.4 Å². The molecule has 2 aromatic heterocycles. The molecule has 2 aromatic carbocycles. The lowest BCUT2D eigenvalue weighted by Gasteiger charge is -2.32. The molecule has 14 nitrogen and oxygen atoms in total. The van der Waals surface area contributed by atoms with Crippen molar-refractivity contribution in [3.05, 3.63) is 90.1 Å². The molecule has 5 amide bonds. The highest BCUT2D eigenvalue weighted by Gasteiger charge is 2.38. The Morgan fingerprint density at radius 1 is 0.942 bits per heavy atom. The summed E-state index contributed by atoms with van der Waals surface area (Å²) < 4.78 is 0. The van der Waals surface area contributed by atoms with Crippen molar-refractivity contribution in [2.75, 3.05) is 26.2 Å². The molecule has 0 aliphatic carbocycles. The van der Waals surface area contributed by atoms with Gasteiger partial charge in [0.05, 0.1) is 6.33 Å². The third kappa shape index (κ3) is 9.23. The van der Waals surface area contributed by atoms with E-state index in [2.05, 4.69) is 66.3 Å². The molecular weight excluding hydrogens is 662 g/mol. The molecule has 274 valence electrons. The van der Waals surface area contributed by atoms with Crippen molar-refractivity contribution in [3.8, 4) is 0 Å². The molecule has 52 heavy (non-hydrogen) atoms. The van der Waals surface area contributed by atoms with Crippen LogP contribution in [0.3, 0.4) is 0 Å². The summed E-state index contributed by atoms with van der Waals surface area (Å²) in [6.07, 6.45) is 10.4. The van der Waals surface area contributed by atoms with Crippen LogP contribution in [0, 0.1) is 0 Å². The van der Waals surface area contributed by atoms with Crippen LogP contribution in [0.5, 0.6) is 0 Å². The minimum Gasteiger partial charge on any atom is -0.368 e. The Kier molecular flexibility index (Phi) is 12.0. The van der Waals surface area contributed by atoms with Crippen LogP contribution in [0.1, 0.15) is 60.1 Å². The van der Waals surface area contributed by atoms with Crippen LogP contribution in [0.2, 0.25) is 0 Å². The average molecular weight is 710 g/mol. The average Bonchev–Trinajstić information content (AvgIpc) is 4.00. The number of amides is 5. The number of piperidine rings is 1.